The standard InChI is InChI=1S/C16H24ClN3O/c1-13-6-7-14(12-15(13)17)19-16(21)18-8-5-11-20-9-3-2-4-10-20/h6-7,12H,2-5,8-11H2,1H3,(H2,18,19,21). The molecule has 2 amide bonds. The fraction of sp³-hybridized carbons (Fsp3) is 0.562. The molecule has 1 aliphatic heterocycles. The summed E-state index contributed by atoms with van der Waals surface area (Å²) in [5.74, 6) is 0. The van der Waals surface area contributed by atoms with Crippen molar-refractivity contribution >= 4 is 23.3 Å². The molecule has 116 valence electrons. The summed E-state index contributed by atoms with van der Waals surface area (Å²) in [4.78, 5) is 14.3. The molecular weight excluding hydrogens is 286 g/mol. The molecule has 0 aliphatic carbocycles. The maximum Gasteiger partial charge on any atom is 0.319 e. The van der Waals surface area contributed by atoms with Crippen molar-refractivity contribution in [1.82, 2.24) is 10.2 Å². The number of nitrogens with zero attached hydrogens (tertiary/aromatic N) is 1. The molecule has 1 heterocycles. The van der Waals surface area contributed by atoms with Crippen molar-refractivity contribution in [1.29, 1.82) is 0 Å². The summed E-state index contributed by atoms with van der Waals surface area (Å²) in [5.41, 5.74) is 1.73. The molecule has 0 spiro atoms. The number of hydrogen-bond donors (Lipinski definition) is 2. The van der Waals surface area contributed by atoms with Crippen molar-refractivity contribution < 1.29 is 4.79 Å². The zero-order valence-electron chi connectivity index (χ0n) is 12.6. The first-order chi connectivity index (χ1) is 10.1. The monoisotopic (exact) mass is 309 g/mol. The number of urea groups is 1. The van der Waals surface area contributed by atoms with E-state index in [9.17, 15) is 4.79 Å². The number of carbonyl (C=O) groups excluding carboxylic acids is 1. The lowest BCUT2D eigenvalue weighted by Gasteiger charge is -2.26. The SMILES string of the molecule is Cc1ccc(NC(=O)NCCCN2CCCCC2)cc1Cl. The summed E-state index contributed by atoms with van der Waals surface area (Å²) in [7, 11) is 0. The molecule has 1 aromatic rings. The van der Waals surface area contributed by atoms with Crippen LogP contribution in [0.1, 0.15) is 31.2 Å². The Labute approximate surface area is 131 Å². The number of rotatable bonds is 5. The molecule has 0 unspecified atom stereocenters. The number of nitrogens with one attached hydrogen (secondary N) is 2. The largest absolute Gasteiger partial charge is 0.338 e. The molecule has 2 rings (SSSR count). The molecule has 1 aliphatic rings. The van der Waals surface area contributed by atoms with Crippen molar-refractivity contribution in [3.05, 3.63) is 28.8 Å². The van der Waals surface area contributed by atoms with Crippen molar-refractivity contribution in [2.75, 3.05) is 31.5 Å². The van der Waals surface area contributed by atoms with E-state index in [-0.39, 0.29) is 6.03 Å². The number of hydrogen-bond acceptors (Lipinski definition) is 2. The Bertz CT molecular complexity index is 473. The minimum atomic E-state index is -0.173. The average Bonchev–Trinajstić information content (AvgIpc) is 2.49. The van der Waals surface area contributed by atoms with Crippen LogP contribution in [-0.2, 0) is 0 Å². The Kier molecular flexibility index (Phi) is 6.33. The first-order valence-electron chi connectivity index (χ1n) is 7.68. The van der Waals surface area contributed by atoms with Gasteiger partial charge >= 0.3 is 6.03 Å². The lowest BCUT2D eigenvalue weighted by molar-refractivity contribution is 0.224. The Morgan fingerprint density at radius 3 is 2.76 bits per heavy atom. The lowest BCUT2D eigenvalue weighted by Crippen LogP contribution is -2.34. The third-order valence-electron chi connectivity index (χ3n) is 3.82. The maximum atomic E-state index is 11.8. The quantitative estimate of drug-likeness (QED) is 0.816. The van der Waals surface area contributed by atoms with Gasteiger partial charge in [0.15, 0.2) is 0 Å². The van der Waals surface area contributed by atoms with Crippen LogP contribution < -0.4 is 10.6 Å². The third-order valence-corrected chi connectivity index (χ3v) is 4.22. The summed E-state index contributed by atoms with van der Waals surface area (Å²) in [6.07, 6.45) is 4.96. The summed E-state index contributed by atoms with van der Waals surface area (Å²) >= 11 is 6.03. The molecule has 1 fully saturated rings. The Hall–Kier alpha value is -1.26. The number of piperidine rings is 1. The Morgan fingerprint density at radius 1 is 1.29 bits per heavy atom. The van der Waals surface area contributed by atoms with E-state index in [0.717, 1.165) is 24.2 Å². The van der Waals surface area contributed by atoms with Crippen LogP contribution >= 0.6 is 11.6 Å². The van der Waals surface area contributed by atoms with Crippen molar-refractivity contribution in [2.24, 2.45) is 0 Å². The third kappa shape index (κ3) is 5.56. The number of benzene rings is 1. The van der Waals surface area contributed by atoms with Crippen LogP contribution in [0.2, 0.25) is 5.02 Å². The summed E-state index contributed by atoms with van der Waals surface area (Å²) in [5, 5.41) is 6.35. The minimum Gasteiger partial charge on any atom is -0.338 e. The van der Waals surface area contributed by atoms with Gasteiger partial charge in [-0.3, -0.25) is 0 Å². The topological polar surface area (TPSA) is 44.4 Å². The molecule has 2 N–H and O–H groups in total. The molecule has 5 heteroatoms. The van der Waals surface area contributed by atoms with E-state index in [1.807, 2.05) is 19.1 Å². The van der Waals surface area contributed by atoms with Crippen LogP contribution in [0.25, 0.3) is 0 Å². The first kappa shape index (κ1) is 16.1. The fourth-order valence-electron chi connectivity index (χ4n) is 2.53. The van der Waals surface area contributed by atoms with E-state index in [1.165, 1.54) is 32.4 Å². The van der Waals surface area contributed by atoms with Gasteiger partial charge in [-0.25, -0.2) is 4.79 Å². The lowest BCUT2D eigenvalue weighted by atomic mass is 10.1. The number of carbonyl (C=O) groups is 1. The predicted octanol–water partition coefficient (Wildman–Crippen LogP) is 3.65. The summed E-state index contributed by atoms with van der Waals surface area (Å²) < 4.78 is 0. The molecule has 0 aromatic heterocycles. The van der Waals surface area contributed by atoms with Crippen molar-refractivity contribution in [3.8, 4) is 0 Å². The van der Waals surface area contributed by atoms with Crippen LogP contribution in [-0.4, -0.2) is 37.1 Å². The van der Waals surface area contributed by atoms with Gasteiger partial charge in [-0.05, 0) is 63.5 Å². The first-order valence-corrected chi connectivity index (χ1v) is 8.06. The van der Waals surface area contributed by atoms with Crippen LogP contribution in [0.3, 0.4) is 0 Å². The Morgan fingerprint density at radius 2 is 2.05 bits per heavy atom. The average molecular weight is 310 g/mol. The van der Waals surface area contributed by atoms with Gasteiger partial charge in [-0.15, -0.1) is 0 Å². The highest BCUT2D eigenvalue weighted by Crippen LogP contribution is 2.19. The van der Waals surface area contributed by atoms with Gasteiger partial charge in [0.05, 0.1) is 0 Å². The molecule has 1 aromatic carbocycles. The van der Waals surface area contributed by atoms with E-state index in [1.54, 1.807) is 6.07 Å². The normalized spacial score (nSPS) is 15.7. The zero-order valence-corrected chi connectivity index (χ0v) is 13.4. The second-order valence-corrected chi connectivity index (χ2v) is 6.01. The van der Waals surface area contributed by atoms with Crippen LogP contribution in [0.15, 0.2) is 18.2 Å². The number of aryl methyl sites for hydroxylation is 1. The van der Waals surface area contributed by atoms with Gasteiger partial charge in [-0.1, -0.05) is 24.1 Å². The second kappa shape index (κ2) is 8.25. The molecule has 0 radical (unpaired) electrons. The van der Waals surface area contributed by atoms with Gasteiger partial charge in [0.25, 0.3) is 0 Å². The van der Waals surface area contributed by atoms with Gasteiger partial charge in [0, 0.05) is 17.3 Å². The molecule has 1 saturated heterocycles. The Balaban J connectivity index is 1.63. The second-order valence-electron chi connectivity index (χ2n) is 5.60. The van der Waals surface area contributed by atoms with E-state index in [0.29, 0.717) is 11.6 Å². The van der Waals surface area contributed by atoms with Gasteiger partial charge in [0.1, 0.15) is 0 Å². The van der Waals surface area contributed by atoms with Gasteiger partial charge in [-0.2, -0.15) is 0 Å². The van der Waals surface area contributed by atoms with Crippen molar-refractivity contribution in [2.45, 2.75) is 32.6 Å². The maximum absolute atomic E-state index is 11.8. The van der Waals surface area contributed by atoms with Crippen LogP contribution in [0.4, 0.5) is 10.5 Å². The molecule has 0 saturated carbocycles. The minimum absolute atomic E-state index is 0.173. The van der Waals surface area contributed by atoms with Crippen LogP contribution in [0, 0.1) is 6.92 Å². The molecule has 4 nitrogen and oxygen atoms in total. The molecule has 0 atom stereocenters. The number of anilines is 1. The molecular formula is C16H24ClN3O. The summed E-state index contributed by atoms with van der Waals surface area (Å²) in [6, 6.07) is 5.35. The number of halogens is 1. The zero-order chi connectivity index (χ0) is 15.1. The molecule has 0 bridgehead atoms. The van der Waals surface area contributed by atoms with Gasteiger partial charge < -0.3 is 15.5 Å². The van der Waals surface area contributed by atoms with E-state index in [4.69, 9.17) is 11.6 Å². The highest BCUT2D eigenvalue weighted by atomic mass is 35.5. The van der Waals surface area contributed by atoms with Crippen molar-refractivity contribution in [3.63, 3.8) is 0 Å². The van der Waals surface area contributed by atoms with E-state index in [2.05, 4.69) is 15.5 Å². The fourth-order valence-corrected chi connectivity index (χ4v) is 2.71. The summed E-state index contributed by atoms with van der Waals surface area (Å²) in [6.45, 7) is 6.10. The molecule has 21 heavy (non-hydrogen) atoms. The highest BCUT2D eigenvalue weighted by Gasteiger charge is 2.09. The highest BCUT2D eigenvalue weighted by molar-refractivity contribution is 6.31. The number of amides is 2. The van der Waals surface area contributed by atoms with Crippen LogP contribution in [0.5, 0.6) is 0 Å². The predicted molar refractivity (Wildman–Crippen MR) is 88.1 cm³/mol. The van der Waals surface area contributed by atoms with Gasteiger partial charge in [0.2, 0.25) is 0 Å². The van der Waals surface area contributed by atoms with E-state index < -0.39 is 0 Å². The van der Waals surface area contributed by atoms with E-state index >= 15 is 0 Å². The smallest absolute Gasteiger partial charge is 0.319 e. The number of likely N-dealkylation sites (tertiary alicyclic amines) is 1.